The fourth-order valence-corrected chi connectivity index (χ4v) is 3.11. The van der Waals surface area contributed by atoms with Crippen molar-refractivity contribution < 1.29 is 0 Å². The van der Waals surface area contributed by atoms with E-state index in [4.69, 9.17) is 17.3 Å². The van der Waals surface area contributed by atoms with Crippen LogP contribution < -0.4 is 11.1 Å². The molecule has 1 heterocycles. The van der Waals surface area contributed by atoms with Crippen molar-refractivity contribution in [1.29, 1.82) is 0 Å². The molecule has 0 bridgehead atoms. The van der Waals surface area contributed by atoms with Crippen molar-refractivity contribution in [2.45, 2.75) is 16.8 Å². The number of nitrogen functional groups attached to an aromatic ring is 1. The minimum Gasteiger partial charge on any atom is -0.394 e. The highest BCUT2D eigenvalue weighted by Crippen LogP contribution is 2.34. The van der Waals surface area contributed by atoms with E-state index in [2.05, 4.69) is 15.3 Å². The first-order valence-corrected chi connectivity index (χ1v) is 8.19. The summed E-state index contributed by atoms with van der Waals surface area (Å²) in [4.78, 5) is 9.60. The first-order valence-electron chi connectivity index (χ1n) is 7.00. The summed E-state index contributed by atoms with van der Waals surface area (Å²) in [5.74, 6) is 0.587. The molecule has 6 heteroatoms. The third kappa shape index (κ3) is 3.75. The number of aromatic nitrogens is 2. The van der Waals surface area contributed by atoms with Gasteiger partial charge in [0.25, 0.3) is 0 Å². The third-order valence-corrected chi connectivity index (χ3v) is 4.51. The lowest BCUT2D eigenvalue weighted by molar-refractivity contribution is 1.06. The number of halogens is 1. The summed E-state index contributed by atoms with van der Waals surface area (Å²) in [5.41, 5.74) is 8.68. The van der Waals surface area contributed by atoms with E-state index >= 15 is 0 Å². The predicted octanol–water partition coefficient (Wildman–Crippen LogP) is 4.92. The smallest absolute Gasteiger partial charge is 0.158 e. The van der Waals surface area contributed by atoms with Crippen molar-refractivity contribution in [3.63, 3.8) is 0 Å². The third-order valence-electron chi connectivity index (χ3n) is 3.25. The van der Waals surface area contributed by atoms with Crippen LogP contribution in [0.3, 0.4) is 0 Å². The predicted molar refractivity (Wildman–Crippen MR) is 96.5 cm³/mol. The van der Waals surface area contributed by atoms with Crippen LogP contribution in [0.25, 0.3) is 0 Å². The number of hydrogen-bond acceptors (Lipinski definition) is 5. The summed E-state index contributed by atoms with van der Waals surface area (Å²) < 4.78 is 0. The molecule has 0 aliphatic carbocycles. The van der Waals surface area contributed by atoms with Crippen molar-refractivity contribution in [2.75, 3.05) is 11.1 Å². The van der Waals surface area contributed by atoms with Crippen LogP contribution in [-0.4, -0.2) is 9.97 Å². The van der Waals surface area contributed by atoms with Crippen LogP contribution in [0.1, 0.15) is 5.56 Å². The van der Waals surface area contributed by atoms with Gasteiger partial charge in [-0.25, -0.2) is 9.97 Å². The fourth-order valence-electron chi connectivity index (χ4n) is 2.06. The van der Waals surface area contributed by atoms with E-state index in [1.54, 1.807) is 0 Å². The second kappa shape index (κ2) is 6.89. The highest BCUT2D eigenvalue weighted by Gasteiger charge is 2.11. The molecule has 0 saturated heterocycles. The van der Waals surface area contributed by atoms with E-state index in [9.17, 15) is 0 Å². The van der Waals surface area contributed by atoms with Gasteiger partial charge in [0.15, 0.2) is 5.82 Å². The maximum Gasteiger partial charge on any atom is 0.158 e. The van der Waals surface area contributed by atoms with Gasteiger partial charge in [-0.1, -0.05) is 41.6 Å². The summed E-state index contributed by atoms with van der Waals surface area (Å²) in [6.07, 6.45) is 1.51. The number of aryl methyl sites for hydroxylation is 1. The summed E-state index contributed by atoms with van der Waals surface area (Å²) >= 11 is 7.49. The molecule has 3 N–H and O–H groups in total. The van der Waals surface area contributed by atoms with Crippen LogP contribution >= 0.6 is 23.4 Å². The van der Waals surface area contributed by atoms with Crippen LogP contribution in [0, 0.1) is 6.92 Å². The van der Waals surface area contributed by atoms with Gasteiger partial charge in [0.2, 0.25) is 0 Å². The average molecular weight is 343 g/mol. The number of anilines is 3. The van der Waals surface area contributed by atoms with Crippen LogP contribution in [-0.2, 0) is 0 Å². The number of hydrogen-bond donors (Lipinski definition) is 2. The lowest BCUT2D eigenvalue weighted by atomic mass is 10.2. The SMILES string of the molecule is Cc1cc(Cl)ccc1Nc1ncnc(Sc2ccccc2)c1N. The Labute approximate surface area is 144 Å². The van der Waals surface area contributed by atoms with Gasteiger partial charge in [0.1, 0.15) is 17.0 Å². The standard InChI is InChI=1S/C17H15ClN4S/c1-11-9-12(18)7-8-14(11)22-16-15(19)17(21-10-20-16)23-13-5-3-2-4-6-13/h2-10H,19H2,1H3,(H,20,21,22). The highest BCUT2D eigenvalue weighted by molar-refractivity contribution is 7.99. The monoisotopic (exact) mass is 342 g/mol. The molecule has 1 aromatic heterocycles. The largest absolute Gasteiger partial charge is 0.394 e. The zero-order valence-electron chi connectivity index (χ0n) is 12.5. The minimum atomic E-state index is 0.524. The Hall–Kier alpha value is -2.24. The number of nitrogens with zero attached hydrogens (tertiary/aromatic N) is 2. The lowest BCUT2D eigenvalue weighted by Gasteiger charge is -2.12. The molecule has 0 aliphatic rings. The summed E-state index contributed by atoms with van der Waals surface area (Å²) in [5, 5.41) is 4.67. The molecule has 0 radical (unpaired) electrons. The van der Waals surface area contributed by atoms with Crippen molar-refractivity contribution in [1.82, 2.24) is 9.97 Å². The normalized spacial score (nSPS) is 10.5. The van der Waals surface area contributed by atoms with E-state index < -0.39 is 0 Å². The Morgan fingerprint density at radius 1 is 1.09 bits per heavy atom. The van der Waals surface area contributed by atoms with Gasteiger partial charge >= 0.3 is 0 Å². The quantitative estimate of drug-likeness (QED) is 0.659. The Morgan fingerprint density at radius 2 is 1.87 bits per heavy atom. The molecule has 0 unspecified atom stereocenters. The molecule has 4 nitrogen and oxygen atoms in total. The molecule has 0 aliphatic heterocycles. The van der Waals surface area contributed by atoms with Crippen LogP contribution in [0.15, 0.2) is 64.8 Å². The molecule has 116 valence electrons. The summed E-state index contributed by atoms with van der Waals surface area (Å²) in [7, 11) is 0. The molecular weight excluding hydrogens is 328 g/mol. The first-order chi connectivity index (χ1) is 11.1. The summed E-state index contributed by atoms with van der Waals surface area (Å²) in [6.45, 7) is 1.98. The Kier molecular flexibility index (Phi) is 4.69. The van der Waals surface area contributed by atoms with Crippen molar-refractivity contribution >= 4 is 40.6 Å². The molecule has 0 spiro atoms. The topological polar surface area (TPSA) is 63.8 Å². The molecular formula is C17H15ClN4S. The van der Waals surface area contributed by atoms with Gasteiger partial charge in [0.05, 0.1) is 0 Å². The molecule has 3 rings (SSSR count). The lowest BCUT2D eigenvalue weighted by Crippen LogP contribution is -2.03. The van der Waals surface area contributed by atoms with Crippen molar-refractivity contribution in [2.24, 2.45) is 0 Å². The van der Waals surface area contributed by atoms with E-state index in [0.29, 0.717) is 16.5 Å². The Balaban J connectivity index is 1.87. The minimum absolute atomic E-state index is 0.524. The molecule has 0 amide bonds. The molecule has 0 fully saturated rings. The Morgan fingerprint density at radius 3 is 2.61 bits per heavy atom. The molecule has 3 aromatic rings. The molecule has 0 atom stereocenters. The van der Waals surface area contributed by atoms with Gasteiger partial charge in [0, 0.05) is 15.6 Å². The fraction of sp³-hybridized carbons (Fsp3) is 0.0588. The van der Waals surface area contributed by atoms with Crippen LogP contribution in [0.2, 0.25) is 5.02 Å². The van der Waals surface area contributed by atoms with E-state index in [-0.39, 0.29) is 0 Å². The number of benzene rings is 2. The van der Waals surface area contributed by atoms with E-state index in [1.807, 2.05) is 55.5 Å². The van der Waals surface area contributed by atoms with Crippen molar-refractivity contribution in [3.8, 4) is 0 Å². The molecule has 0 saturated carbocycles. The molecule has 23 heavy (non-hydrogen) atoms. The van der Waals surface area contributed by atoms with Crippen molar-refractivity contribution in [3.05, 3.63) is 65.4 Å². The average Bonchev–Trinajstić information content (AvgIpc) is 2.54. The first kappa shape index (κ1) is 15.6. The van der Waals surface area contributed by atoms with Crippen LogP contribution in [0.4, 0.5) is 17.2 Å². The Bertz CT molecular complexity index is 824. The van der Waals surface area contributed by atoms with Crippen LogP contribution in [0.5, 0.6) is 0 Å². The van der Waals surface area contributed by atoms with E-state index in [1.165, 1.54) is 18.1 Å². The zero-order valence-corrected chi connectivity index (χ0v) is 14.0. The molecule has 2 aromatic carbocycles. The second-order valence-corrected chi connectivity index (χ2v) is 6.44. The maximum absolute atomic E-state index is 6.22. The highest BCUT2D eigenvalue weighted by atomic mass is 35.5. The number of rotatable bonds is 4. The maximum atomic E-state index is 6.22. The zero-order chi connectivity index (χ0) is 16.2. The van der Waals surface area contributed by atoms with Gasteiger partial charge in [-0.05, 0) is 42.8 Å². The van der Waals surface area contributed by atoms with E-state index in [0.717, 1.165) is 21.2 Å². The summed E-state index contributed by atoms with van der Waals surface area (Å²) in [6, 6.07) is 15.6. The van der Waals surface area contributed by atoms with Gasteiger partial charge in [-0.3, -0.25) is 0 Å². The number of nitrogens with two attached hydrogens (primary N) is 1. The van der Waals surface area contributed by atoms with Gasteiger partial charge in [-0.15, -0.1) is 0 Å². The van der Waals surface area contributed by atoms with Gasteiger partial charge < -0.3 is 11.1 Å². The van der Waals surface area contributed by atoms with Gasteiger partial charge in [-0.2, -0.15) is 0 Å². The number of nitrogens with one attached hydrogen (secondary N) is 1. The second-order valence-electron chi connectivity index (χ2n) is 4.94.